The fourth-order valence-electron chi connectivity index (χ4n) is 6.46. The van der Waals surface area contributed by atoms with Crippen LogP contribution in [-0.4, -0.2) is 22.4 Å². The molecule has 7 atom stereocenters. The quantitative estimate of drug-likeness (QED) is 0.668. The minimum atomic E-state index is -0.0944. The molecule has 5 unspecified atom stereocenters. The Morgan fingerprint density at radius 2 is 1.67 bits per heavy atom. The fourth-order valence-corrected chi connectivity index (χ4v) is 6.46. The van der Waals surface area contributed by atoms with Crippen molar-refractivity contribution in [3.05, 3.63) is 11.6 Å². The lowest BCUT2D eigenvalue weighted by molar-refractivity contribution is -0.0498. The fraction of sp³-hybridized carbons (Fsp3) is 0.895. The van der Waals surface area contributed by atoms with Gasteiger partial charge < -0.3 is 10.2 Å². The molecule has 0 radical (unpaired) electrons. The van der Waals surface area contributed by atoms with E-state index in [2.05, 4.69) is 19.9 Å². The van der Waals surface area contributed by atoms with Crippen LogP contribution in [0.3, 0.4) is 0 Å². The highest BCUT2D eigenvalue weighted by Crippen LogP contribution is 2.64. The zero-order chi connectivity index (χ0) is 14.8. The van der Waals surface area contributed by atoms with Crippen LogP contribution >= 0.6 is 0 Å². The van der Waals surface area contributed by atoms with Gasteiger partial charge in [0.25, 0.3) is 0 Å². The molecule has 4 rings (SSSR count). The van der Waals surface area contributed by atoms with Crippen LogP contribution in [0.15, 0.2) is 11.6 Å². The first-order valence-electron chi connectivity index (χ1n) is 9.01. The Morgan fingerprint density at radius 3 is 2.48 bits per heavy atom. The molecule has 0 saturated heterocycles. The van der Waals surface area contributed by atoms with Crippen LogP contribution in [0.2, 0.25) is 0 Å². The van der Waals surface area contributed by atoms with E-state index in [1.807, 2.05) is 0 Å². The van der Waals surface area contributed by atoms with Gasteiger partial charge in [0.05, 0.1) is 12.2 Å². The molecule has 0 aromatic heterocycles. The normalized spacial score (nSPS) is 56.2. The number of allylic oxidation sites excluding steroid dienone is 2. The summed E-state index contributed by atoms with van der Waals surface area (Å²) in [6.45, 7) is 4.82. The highest BCUT2D eigenvalue weighted by Gasteiger charge is 2.57. The van der Waals surface area contributed by atoms with E-state index >= 15 is 0 Å². The summed E-state index contributed by atoms with van der Waals surface area (Å²) in [6, 6.07) is 0. The highest BCUT2D eigenvalue weighted by molar-refractivity contribution is 5.27. The molecule has 118 valence electrons. The summed E-state index contributed by atoms with van der Waals surface area (Å²) in [4.78, 5) is 0. The van der Waals surface area contributed by atoms with E-state index in [9.17, 15) is 10.2 Å². The summed E-state index contributed by atoms with van der Waals surface area (Å²) in [5.41, 5.74) is 2.23. The molecular formula is C19H30O2. The van der Waals surface area contributed by atoms with Gasteiger partial charge in [0.1, 0.15) is 0 Å². The molecular weight excluding hydrogens is 260 g/mol. The van der Waals surface area contributed by atoms with E-state index in [1.165, 1.54) is 25.7 Å². The van der Waals surface area contributed by atoms with Crippen molar-refractivity contribution in [1.82, 2.24) is 0 Å². The van der Waals surface area contributed by atoms with Gasteiger partial charge in [0, 0.05) is 5.41 Å². The molecule has 4 aliphatic rings. The van der Waals surface area contributed by atoms with E-state index in [0.29, 0.717) is 23.2 Å². The van der Waals surface area contributed by atoms with Crippen molar-refractivity contribution < 1.29 is 10.2 Å². The lowest BCUT2D eigenvalue weighted by atomic mass is 9.48. The molecule has 0 aliphatic heterocycles. The summed E-state index contributed by atoms with van der Waals surface area (Å²) in [7, 11) is 0. The first-order chi connectivity index (χ1) is 9.95. The van der Waals surface area contributed by atoms with E-state index in [4.69, 9.17) is 0 Å². The minimum Gasteiger partial charge on any atom is -0.393 e. The Hall–Kier alpha value is -0.340. The van der Waals surface area contributed by atoms with E-state index in [0.717, 1.165) is 25.7 Å². The van der Waals surface area contributed by atoms with Gasteiger partial charge in [-0.15, -0.1) is 0 Å². The van der Waals surface area contributed by atoms with Crippen molar-refractivity contribution in [2.75, 3.05) is 0 Å². The molecule has 0 bridgehead atoms. The van der Waals surface area contributed by atoms with Crippen LogP contribution in [0.4, 0.5) is 0 Å². The Kier molecular flexibility index (Phi) is 3.11. The maximum atomic E-state index is 10.4. The molecule has 3 fully saturated rings. The second kappa shape index (κ2) is 4.58. The second-order valence-electron chi connectivity index (χ2n) is 8.81. The summed E-state index contributed by atoms with van der Waals surface area (Å²) >= 11 is 0. The zero-order valence-electron chi connectivity index (χ0n) is 13.5. The average Bonchev–Trinajstić information content (AvgIpc) is 2.76. The topological polar surface area (TPSA) is 40.5 Å². The maximum Gasteiger partial charge on any atom is 0.0599 e. The van der Waals surface area contributed by atoms with E-state index < -0.39 is 0 Å². The Labute approximate surface area is 128 Å². The van der Waals surface area contributed by atoms with E-state index in [-0.39, 0.29) is 17.6 Å². The monoisotopic (exact) mass is 290 g/mol. The van der Waals surface area contributed by atoms with Crippen LogP contribution in [-0.2, 0) is 0 Å². The summed E-state index contributed by atoms with van der Waals surface area (Å²) < 4.78 is 0. The smallest absolute Gasteiger partial charge is 0.0599 e. The standard InChI is InChI=1S/C19H30O2/c1-18-9-7-13(20)11-12(18)3-4-14-15-5-6-17(21)19(15,2)10-8-16(14)18/h4,12-13,15-17,20-21H,3,5-11H2,1-2H3/t12-,13-,15?,16?,17?,18?,19?/m0/s1. The Bertz CT molecular complexity index is 470. The molecule has 2 heteroatoms. The van der Waals surface area contributed by atoms with Gasteiger partial charge >= 0.3 is 0 Å². The molecule has 0 spiro atoms. The van der Waals surface area contributed by atoms with Gasteiger partial charge in [-0.05, 0) is 74.5 Å². The third kappa shape index (κ3) is 1.84. The molecule has 2 nitrogen and oxygen atoms in total. The third-order valence-electron chi connectivity index (χ3n) is 8.00. The average molecular weight is 290 g/mol. The molecule has 0 amide bonds. The molecule has 0 aromatic rings. The number of fused-ring (bicyclic) bond motifs is 5. The van der Waals surface area contributed by atoms with Crippen molar-refractivity contribution in [2.45, 2.75) is 77.4 Å². The molecule has 21 heavy (non-hydrogen) atoms. The maximum absolute atomic E-state index is 10.4. The number of aliphatic hydroxyl groups is 2. The number of aliphatic hydroxyl groups excluding tert-OH is 2. The van der Waals surface area contributed by atoms with Crippen molar-refractivity contribution in [3.63, 3.8) is 0 Å². The van der Waals surface area contributed by atoms with Gasteiger partial charge in [-0.3, -0.25) is 0 Å². The molecule has 0 heterocycles. The van der Waals surface area contributed by atoms with Crippen LogP contribution in [0.5, 0.6) is 0 Å². The predicted octanol–water partition coefficient (Wildman–Crippen LogP) is 3.67. The van der Waals surface area contributed by atoms with Crippen LogP contribution < -0.4 is 0 Å². The highest BCUT2D eigenvalue weighted by atomic mass is 16.3. The third-order valence-corrected chi connectivity index (χ3v) is 8.00. The van der Waals surface area contributed by atoms with Crippen LogP contribution in [0, 0.1) is 28.6 Å². The summed E-state index contributed by atoms with van der Waals surface area (Å²) in [5, 5.41) is 20.5. The van der Waals surface area contributed by atoms with Gasteiger partial charge in [-0.1, -0.05) is 25.5 Å². The largest absolute Gasteiger partial charge is 0.393 e. The molecule has 4 aliphatic carbocycles. The lowest BCUT2D eigenvalue weighted by Gasteiger charge is -2.57. The predicted molar refractivity (Wildman–Crippen MR) is 83.7 cm³/mol. The zero-order valence-corrected chi connectivity index (χ0v) is 13.5. The minimum absolute atomic E-state index is 0.0693. The number of hydrogen-bond acceptors (Lipinski definition) is 2. The van der Waals surface area contributed by atoms with Crippen molar-refractivity contribution >= 4 is 0 Å². The lowest BCUT2D eigenvalue weighted by Crippen LogP contribution is -2.50. The van der Waals surface area contributed by atoms with Crippen molar-refractivity contribution in [2.24, 2.45) is 28.6 Å². The number of rotatable bonds is 0. The Morgan fingerprint density at radius 1 is 0.952 bits per heavy atom. The van der Waals surface area contributed by atoms with Crippen LogP contribution in [0.25, 0.3) is 0 Å². The first kappa shape index (κ1) is 14.3. The second-order valence-corrected chi connectivity index (χ2v) is 8.81. The molecule has 0 aromatic carbocycles. The number of hydrogen-bond donors (Lipinski definition) is 2. The molecule has 3 saturated carbocycles. The summed E-state index contributed by atoms with van der Waals surface area (Å²) in [6.07, 6.45) is 11.3. The van der Waals surface area contributed by atoms with Gasteiger partial charge in [-0.2, -0.15) is 0 Å². The van der Waals surface area contributed by atoms with Crippen LogP contribution in [0.1, 0.15) is 65.2 Å². The van der Waals surface area contributed by atoms with Gasteiger partial charge in [0.15, 0.2) is 0 Å². The SMILES string of the molecule is CC12CCC3C(=CC[C@H]4C[C@@H](O)CCC34C)C1CCC2O. The summed E-state index contributed by atoms with van der Waals surface area (Å²) in [5.74, 6) is 2.01. The van der Waals surface area contributed by atoms with Crippen molar-refractivity contribution in [3.8, 4) is 0 Å². The van der Waals surface area contributed by atoms with Crippen molar-refractivity contribution in [1.29, 1.82) is 0 Å². The van der Waals surface area contributed by atoms with Gasteiger partial charge in [0.2, 0.25) is 0 Å². The van der Waals surface area contributed by atoms with Gasteiger partial charge in [-0.25, -0.2) is 0 Å². The Balaban J connectivity index is 1.69. The molecule has 2 N–H and O–H groups in total. The first-order valence-corrected chi connectivity index (χ1v) is 9.01. The van der Waals surface area contributed by atoms with E-state index in [1.54, 1.807) is 5.57 Å².